The topological polar surface area (TPSA) is 86.7 Å². The third-order valence-electron chi connectivity index (χ3n) is 6.70. The maximum Gasteiger partial charge on any atom is 0.254 e. The lowest BCUT2D eigenvalue weighted by molar-refractivity contribution is -0.142. The summed E-state index contributed by atoms with van der Waals surface area (Å²) in [4.78, 5) is 13.7. The molecule has 1 aliphatic heterocycles. The molecule has 0 aromatic heterocycles. The van der Waals surface area contributed by atoms with Crippen LogP contribution in [0.2, 0.25) is 0 Å². The van der Waals surface area contributed by atoms with Gasteiger partial charge in [-0.25, -0.2) is 39.5 Å². The van der Waals surface area contributed by atoms with E-state index >= 15 is 4.39 Å². The summed E-state index contributed by atoms with van der Waals surface area (Å²) in [5, 5.41) is 9.80. The van der Waals surface area contributed by atoms with E-state index in [1.807, 2.05) is 0 Å². The Morgan fingerprint density at radius 3 is 2.22 bits per heavy atom. The summed E-state index contributed by atoms with van der Waals surface area (Å²) >= 11 is 0. The first-order chi connectivity index (χ1) is 16.9. The zero-order chi connectivity index (χ0) is 26.4. The molecule has 2 fully saturated rings. The van der Waals surface area contributed by atoms with Gasteiger partial charge < -0.3 is 10.0 Å². The second kappa shape index (κ2) is 9.67. The Bertz CT molecular complexity index is 1270. The van der Waals surface area contributed by atoms with Crippen LogP contribution in [-0.2, 0) is 21.2 Å². The van der Waals surface area contributed by atoms with E-state index in [4.69, 9.17) is 0 Å². The van der Waals surface area contributed by atoms with Crippen LogP contribution in [0, 0.1) is 28.7 Å². The number of hydrogen-bond donors (Lipinski definition) is 2. The number of alkyl halides is 2. The van der Waals surface area contributed by atoms with E-state index in [9.17, 15) is 40.3 Å². The normalized spacial score (nSPS) is 21.7. The van der Waals surface area contributed by atoms with Crippen molar-refractivity contribution in [1.82, 2.24) is 9.62 Å². The maximum atomic E-state index is 15.5. The lowest BCUT2D eigenvalue weighted by atomic mass is 9.91. The van der Waals surface area contributed by atoms with Crippen LogP contribution in [0.25, 0.3) is 11.1 Å². The van der Waals surface area contributed by atoms with Crippen molar-refractivity contribution in [3.05, 3.63) is 59.2 Å². The summed E-state index contributed by atoms with van der Waals surface area (Å²) in [6.07, 6.45) is -1.75. The van der Waals surface area contributed by atoms with Crippen LogP contribution in [-0.4, -0.2) is 61.7 Å². The lowest BCUT2D eigenvalue weighted by Gasteiger charge is -2.30. The quantitative estimate of drug-likeness (QED) is 0.508. The largest absolute Gasteiger partial charge is 0.381 e. The number of sulfonamides is 1. The number of amides is 1. The van der Waals surface area contributed by atoms with E-state index in [-0.39, 0.29) is 17.7 Å². The molecule has 2 aromatic rings. The van der Waals surface area contributed by atoms with Crippen molar-refractivity contribution < 1.29 is 44.7 Å². The van der Waals surface area contributed by atoms with Crippen LogP contribution in [0.1, 0.15) is 18.4 Å². The van der Waals surface area contributed by atoms with Gasteiger partial charge in [0.05, 0.1) is 6.04 Å². The van der Waals surface area contributed by atoms with Gasteiger partial charge in [-0.05, 0) is 54.7 Å². The molecule has 1 aliphatic carbocycles. The number of hydrogen-bond acceptors (Lipinski definition) is 4. The molecule has 3 atom stereocenters. The van der Waals surface area contributed by atoms with Crippen LogP contribution >= 0.6 is 0 Å². The third-order valence-corrected chi connectivity index (χ3v) is 7.60. The minimum absolute atomic E-state index is 0.119. The molecular formula is C23H22F6N2O4S. The van der Waals surface area contributed by atoms with Crippen molar-refractivity contribution in [2.45, 2.75) is 37.5 Å². The van der Waals surface area contributed by atoms with E-state index < -0.39 is 87.5 Å². The van der Waals surface area contributed by atoms with Gasteiger partial charge in [0, 0.05) is 29.6 Å². The number of rotatable bonds is 8. The van der Waals surface area contributed by atoms with Crippen LogP contribution in [0.5, 0.6) is 0 Å². The zero-order valence-corrected chi connectivity index (χ0v) is 19.5. The second-order valence-electron chi connectivity index (χ2n) is 9.17. The third kappa shape index (κ3) is 5.09. The molecule has 1 heterocycles. The van der Waals surface area contributed by atoms with E-state index in [0.29, 0.717) is 18.9 Å². The first kappa shape index (κ1) is 26.4. The van der Waals surface area contributed by atoms with E-state index in [1.54, 1.807) is 0 Å². The number of benzene rings is 2. The van der Waals surface area contributed by atoms with Gasteiger partial charge >= 0.3 is 0 Å². The summed E-state index contributed by atoms with van der Waals surface area (Å²) in [6.45, 7) is -1.55. The molecule has 196 valence electrons. The van der Waals surface area contributed by atoms with Crippen molar-refractivity contribution in [1.29, 1.82) is 0 Å². The van der Waals surface area contributed by atoms with Crippen LogP contribution in [0.4, 0.5) is 26.3 Å². The SMILES string of the molecule is O=C(C(O)CF)N1CC2(CC2)[C@H](NS(=O)(=O)CF)[C@@H]1Cc1cc(F)cc(-c2cc(F)cc(F)c2)c1F. The first-order valence-electron chi connectivity index (χ1n) is 10.9. The molecule has 2 N–H and O–H groups in total. The number of halogens is 6. The van der Waals surface area contributed by atoms with E-state index in [1.165, 1.54) is 0 Å². The Morgan fingerprint density at radius 2 is 1.67 bits per heavy atom. The molecule has 1 unspecified atom stereocenters. The Labute approximate surface area is 203 Å². The molecule has 0 bridgehead atoms. The lowest BCUT2D eigenvalue weighted by Crippen LogP contribution is -2.51. The van der Waals surface area contributed by atoms with Crippen LogP contribution in [0.3, 0.4) is 0 Å². The van der Waals surface area contributed by atoms with Crippen molar-refractivity contribution in [3.63, 3.8) is 0 Å². The molecule has 1 saturated heterocycles. The molecule has 6 nitrogen and oxygen atoms in total. The number of carbonyl (C=O) groups excluding carboxylic acids is 1. The highest BCUT2D eigenvalue weighted by molar-refractivity contribution is 7.89. The number of aliphatic hydroxyl groups excluding tert-OH is 1. The number of nitrogens with one attached hydrogen (secondary N) is 1. The summed E-state index contributed by atoms with van der Waals surface area (Å²) < 4.78 is 110. The average molecular weight is 536 g/mol. The molecule has 1 spiro atoms. The van der Waals surface area contributed by atoms with Crippen LogP contribution in [0.15, 0.2) is 30.3 Å². The molecule has 2 aromatic carbocycles. The zero-order valence-electron chi connectivity index (χ0n) is 18.7. The average Bonchev–Trinajstić information content (AvgIpc) is 3.54. The van der Waals surface area contributed by atoms with Crippen molar-refractivity contribution in [3.8, 4) is 11.1 Å². The molecule has 2 aliphatic rings. The molecule has 1 saturated carbocycles. The number of nitrogens with zero attached hydrogens (tertiary/aromatic N) is 1. The van der Waals surface area contributed by atoms with E-state index in [0.717, 1.165) is 29.2 Å². The highest BCUT2D eigenvalue weighted by Gasteiger charge is 2.61. The fourth-order valence-electron chi connectivity index (χ4n) is 4.87. The summed E-state index contributed by atoms with van der Waals surface area (Å²) in [5.74, 6) is -5.20. The minimum Gasteiger partial charge on any atom is -0.381 e. The molecule has 0 radical (unpaired) electrons. The van der Waals surface area contributed by atoms with Crippen molar-refractivity contribution in [2.75, 3.05) is 19.2 Å². The van der Waals surface area contributed by atoms with Gasteiger partial charge in [-0.15, -0.1) is 0 Å². The molecule has 13 heteroatoms. The highest BCUT2D eigenvalue weighted by atomic mass is 32.2. The Morgan fingerprint density at radius 1 is 1.06 bits per heavy atom. The van der Waals surface area contributed by atoms with Gasteiger partial charge in [-0.2, -0.15) is 0 Å². The fraction of sp³-hybridized carbons (Fsp3) is 0.435. The van der Waals surface area contributed by atoms with Gasteiger partial charge in [0.2, 0.25) is 16.0 Å². The van der Waals surface area contributed by atoms with Gasteiger partial charge in [0.25, 0.3) is 5.91 Å². The number of carbonyl (C=O) groups is 1. The summed E-state index contributed by atoms with van der Waals surface area (Å²) in [7, 11) is -4.46. The second-order valence-corrected chi connectivity index (χ2v) is 10.9. The number of aliphatic hydroxyl groups is 1. The van der Waals surface area contributed by atoms with Gasteiger partial charge in [0.15, 0.2) is 6.10 Å². The first-order valence-corrected chi connectivity index (χ1v) is 12.6. The molecular weight excluding hydrogens is 514 g/mol. The monoisotopic (exact) mass is 536 g/mol. The molecule has 4 rings (SSSR count). The fourth-order valence-corrected chi connectivity index (χ4v) is 5.72. The van der Waals surface area contributed by atoms with Gasteiger partial charge in [-0.3, -0.25) is 4.79 Å². The smallest absolute Gasteiger partial charge is 0.254 e. The molecule has 1 amide bonds. The predicted molar refractivity (Wildman–Crippen MR) is 116 cm³/mol. The summed E-state index contributed by atoms with van der Waals surface area (Å²) in [5.41, 5.74) is -2.00. The van der Waals surface area contributed by atoms with Crippen molar-refractivity contribution in [2.24, 2.45) is 5.41 Å². The Kier molecular flexibility index (Phi) is 7.10. The Balaban J connectivity index is 1.78. The Hall–Kier alpha value is -2.64. The maximum absolute atomic E-state index is 15.5. The van der Waals surface area contributed by atoms with Gasteiger partial charge in [0.1, 0.15) is 29.9 Å². The highest BCUT2D eigenvalue weighted by Crippen LogP contribution is 2.55. The standard InChI is InChI=1S/C23H22F6N2O4S/c24-9-19(32)22(33)31-10-23(1-2-23)21(30-36(34,35)11-25)18(31)6-13-5-16(28)8-17(20(13)29)12-3-14(26)7-15(27)4-12/h3-5,7-8,18-19,21,30,32H,1-2,6,9-11H2/t18-,19?,21+/m0/s1. The number of likely N-dealkylation sites (tertiary alicyclic amines) is 1. The van der Waals surface area contributed by atoms with E-state index in [2.05, 4.69) is 4.72 Å². The minimum atomic E-state index is -4.46. The molecule has 36 heavy (non-hydrogen) atoms. The van der Waals surface area contributed by atoms with Gasteiger partial charge in [-0.1, -0.05) is 0 Å². The van der Waals surface area contributed by atoms with Crippen molar-refractivity contribution >= 4 is 15.9 Å². The van der Waals surface area contributed by atoms with Crippen LogP contribution < -0.4 is 4.72 Å². The summed E-state index contributed by atoms with van der Waals surface area (Å²) in [6, 6.07) is -0.490. The predicted octanol–water partition coefficient (Wildman–Crippen LogP) is 2.99.